The molecule has 2 aliphatic carbocycles. The van der Waals surface area contributed by atoms with Gasteiger partial charge in [0.25, 0.3) is 0 Å². The molecular weight excluding hydrogens is 447 g/mol. The van der Waals surface area contributed by atoms with Crippen molar-refractivity contribution in [3.05, 3.63) is 59.7 Å². The SMILES string of the molecule is O=C(NC1CCCCC1)C(c1cccnc1)N(C(=O)[C@H]1C[C@@H](O)CN1)c1ccc(C2CC2)cc1F. The molecule has 8 heteroatoms. The summed E-state index contributed by atoms with van der Waals surface area (Å²) in [6.07, 6.45) is 9.80. The molecule has 1 aromatic heterocycles. The molecule has 5 rings (SSSR count). The summed E-state index contributed by atoms with van der Waals surface area (Å²) in [6.45, 7) is 0.277. The van der Waals surface area contributed by atoms with E-state index in [9.17, 15) is 14.7 Å². The van der Waals surface area contributed by atoms with Crippen molar-refractivity contribution in [3.63, 3.8) is 0 Å². The van der Waals surface area contributed by atoms with Crippen LogP contribution in [0.3, 0.4) is 0 Å². The van der Waals surface area contributed by atoms with Gasteiger partial charge in [-0.3, -0.25) is 19.5 Å². The minimum Gasteiger partial charge on any atom is -0.392 e. The number of carbonyl (C=O) groups excluding carboxylic acids is 2. The first-order valence-electron chi connectivity index (χ1n) is 12.8. The normalized spacial score (nSPS) is 23.6. The number of aliphatic hydroxyl groups is 1. The molecule has 1 aliphatic heterocycles. The van der Waals surface area contributed by atoms with Crippen LogP contribution in [0.25, 0.3) is 0 Å². The summed E-state index contributed by atoms with van der Waals surface area (Å²) in [5, 5.41) is 16.2. The molecule has 1 aromatic carbocycles. The highest BCUT2D eigenvalue weighted by molar-refractivity contribution is 6.04. The Morgan fingerprint density at radius 2 is 1.94 bits per heavy atom. The van der Waals surface area contributed by atoms with E-state index in [1.165, 1.54) is 11.0 Å². The van der Waals surface area contributed by atoms with E-state index in [0.717, 1.165) is 50.5 Å². The average Bonchev–Trinajstić information content (AvgIpc) is 3.63. The first-order valence-corrected chi connectivity index (χ1v) is 12.8. The van der Waals surface area contributed by atoms with Gasteiger partial charge in [-0.05, 0) is 61.8 Å². The number of pyridine rings is 1. The second kappa shape index (κ2) is 10.4. The van der Waals surface area contributed by atoms with Crippen LogP contribution in [0.5, 0.6) is 0 Å². The number of halogens is 1. The topological polar surface area (TPSA) is 94.6 Å². The zero-order chi connectivity index (χ0) is 24.4. The van der Waals surface area contributed by atoms with Crippen LogP contribution in [0, 0.1) is 5.82 Å². The van der Waals surface area contributed by atoms with E-state index >= 15 is 4.39 Å². The van der Waals surface area contributed by atoms with Crippen molar-refractivity contribution in [1.29, 1.82) is 0 Å². The maximum Gasteiger partial charge on any atom is 0.248 e. The fraction of sp³-hybridized carbons (Fsp3) is 0.519. The molecule has 3 aliphatic rings. The first-order chi connectivity index (χ1) is 17.0. The molecule has 1 unspecified atom stereocenters. The summed E-state index contributed by atoms with van der Waals surface area (Å²) in [7, 11) is 0. The number of nitrogens with one attached hydrogen (secondary N) is 2. The largest absolute Gasteiger partial charge is 0.392 e. The van der Waals surface area contributed by atoms with Crippen molar-refractivity contribution < 1.29 is 19.1 Å². The second-order valence-electron chi connectivity index (χ2n) is 10.1. The number of hydrogen-bond donors (Lipinski definition) is 3. The lowest BCUT2D eigenvalue weighted by Gasteiger charge is -2.35. The fourth-order valence-corrected chi connectivity index (χ4v) is 5.33. The molecule has 2 aromatic rings. The van der Waals surface area contributed by atoms with Crippen LogP contribution in [-0.4, -0.2) is 46.6 Å². The highest BCUT2D eigenvalue weighted by Gasteiger charge is 2.40. The third-order valence-corrected chi connectivity index (χ3v) is 7.38. The van der Waals surface area contributed by atoms with Gasteiger partial charge in [0, 0.05) is 30.5 Å². The molecular formula is C27H33FN4O3. The quantitative estimate of drug-likeness (QED) is 0.565. The molecule has 0 radical (unpaired) electrons. The summed E-state index contributed by atoms with van der Waals surface area (Å²) in [5.41, 5.74) is 1.49. The summed E-state index contributed by atoms with van der Waals surface area (Å²) >= 11 is 0. The molecule has 2 amide bonds. The molecule has 0 spiro atoms. The van der Waals surface area contributed by atoms with Gasteiger partial charge in [0.05, 0.1) is 17.8 Å². The number of rotatable bonds is 7. The van der Waals surface area contributed by atoms with Crippen LogP contribution in [0.15, 0.2) is 42.7 Å². The number of β-amino-alcohol motifs (C(OH)–C–C–N with tert-alkyl or cyclic N) is 1. The Morgan fingerprint density at radius 1 is 1.14 bits per heavy atom. The Hall–Kier alpha value is -2.84. The summed E-state index contributed by atoms with van der Waals surface area (Å²) in [4.78, 5) is 33.1. The predicted molar refractivity (Wildman–Crippen MR) is 130 cm³/mol. The number of amides is 2. The number of benzene rings is 1. The van der Waals surface area contributed by atoms with Crippen molar-refractivity contribution in [2.75, 3.05) is 11.4 Å². The lowest BCUT2D eigenvalue weighted by molar-refractivity contribution is -0.128. The number of anilines is 1. The van der Waals surface area contributed by atoms with Gasteiger partial charge in [0.15, 0.2) is 0 Å². The van der Waals surface area contributed by atoms with Crippen LogP contribution in [0.4, 0.5) is 10.1 Å². The molecule has 35 heavy (non-hydrogen) atoms. The molecule has 2 saturated carbocycles. The molecule has 3 fully saturated rings. The monoisotopic (exact) mass is 480 g/mol. The van der Waals surface area contributed by atoms with Crippen LogP contribution in [0.1, 0.15) is 74.5 Å². The van der Waals surface area contributed by atoms with Gasteiger partial charge in [0.1, 0.15) is 11.9 Å². The Kier molecular flexibility index (Phi) is 7.11. The van der Waals surface area contributed by atoms with E-state index in [0.29, 0.717) is 11.5 Å². The Bertz CT molecular complexity index is 1060. The van der Waals surface area contributed by atoms with E-state index < -0.39 is 29.9 Å². The summed E-state index contributed by atoms with van der Waals surface area (Å²) < 4.78 is 15.6. The van der Waals surface area contributed by atoms with Gasteiger partial charge in [-0.2, -0.15) is 0 Å². The average molecular weight is 481 g/mol. The minimum atomic E-state index is -1.08. The number of aliphatic hydroxyl groups excluding tert-OH is 1. The predicted octanol–water partition coefficient (Wildman–Crippen LogP) is 3.34. The third-order valence-electron chi connectivity index (χ3n) is 7.38. The van der Waals surface area contributed by atoms with Gasteiger partial charge >= 0.3 is 0 Å². The van der Waals surface area contributed by atoms with E-state index in [-0.39, 0.29) is 30.6 Å². The summed E-state index contributed by atoms with van der Waals surface area (Å²) in [5.74, 6) is -0.951. The molecule has 1 saturated heterocycles. The Labute approximate surface area is 205 Å². The zero-order valence-electron chi connectivity index (χ0n) is 19.8. The van der Waals surface area contributed by atoms with Crippen LogP contribution in [-0.2, 0) is 9.59 Å². The smallest absolute Gasteiger partial charge is 0.248 e. The van der Waals surface area contributed by atoms with Crippen LogP contribution < -0.4 is 15.5 Å². The molecule has 3 N–H and O–H groups in total. The van der Waals surface area contributed by atoms with E-state index in [4.69, 9.17) is 0 Å². The fourth-order valence-electron chi connectivity index (χ4n) is 5.33. The van der Waals surface area contributed by atoms with Gasteiger partial charge in [-0.25, -0.2) is 4.39 Å². The number of aromatic nitrogens is 1. The van der Waals surface area contributed by atoms with Gasteiger partial charge < -0.3 is 15.7 Å². The van der Waals surface area contributed by atoms with Crippen LogP contribution >= 0.6 is 0 Å². The summed E-state index contributed by atoms with van der Waals surface area (Å²) in [6, 6.07) is 6.64. The molecule has 0 bridgehead atoms. The van der Waals surface area contributed by atoms with Gasteiger partial charge in [-0.15, -0.1) is 0 Å². The number of carbonyl (C=O) groups is 2. The second-order valence-corrected chi connectivity index (χ2v) is 10.1. The van der Waals surface area contributed by atoms with Crippen molar-refractivity contribution >= 4 is 17.5 Å². The van der Waals surface area contributed by atoms with Crippen molar-refractivity contribution in [3.8, 4) is 0 Å². The van der Waals surface area contributed by atoms with Crippen molar-refractivity contribution in [2.24, 2.45) is 0 Å². The van der Waals surface area contributed by atoms with Gasteiger partial charge in [-0.1, -0.05) is 31.4 Å². The third kappa shape index (κ3) is 5.38. The number of hydrogen-bond acceptors (Lipinski definition) is 5. The molecule has 186 valence electrons. The lowest BCUT2D eigenvalue weighted by Crippen LogP contribution is -2.51. The molecule has 3 atom stereocenters. The Morgan fingerprint density at radius 3 is 2.57 bits per heavy atom. The minimum absolute atomic E-state index is 0.0286. The zero-order valence-corrected chi connectivity index (χ0v) is 19.8. The van der Waals surface area contributed by atoms with Crippen molar-refractivity contribution in [2.45, 2.75) is 81.5 Å². The first kappa shape index (κ1) is 23.9. The maximum atomic E-state index is 15.6. The number of nitrogens with zero attached hydrogens (tertiary/aromatic N) is 2. The van der Waals surface area contributed by atoms with Gasteiger partial charge in [0.2, 0.25) is 11.8 Å². The Balaban J connectivity index is 1.55. The standard InChI is InChI=1S/C27H33FN4O3/c28-22-13-18(17-8-9-17)10-11-24(22)32(27(35)23-14-21(33)16-30-23)25(19-5-4-12-29-15-19)26(34)31-20-6-2-1-3-7-20/h4-5,10-13,15,17,20-21,23,25,30,33H,1-3,6-9,14,16H2,(H,31,34)/t21-,23-,25?/m1/s1. The highest BCUT2D eigenvalue weighted by atomic mass is 19.1. The van der Waals surface area contributed by atoms with E-state index in [2.05, 4.69) is 15.6 Å². The highest BCUT2D eigenvalue weighted by Crippen LogP contribution is 2.42. The van der Waals surface area contributed by atoms with E-state index in [1.807, 2.05) is 6.07 Å². The molecule has 7 nitrogen and oxygen atoms in total. The van der Waals surface area contributed by atoms with Crippen molar-refractivity contribution in [1.82, 2.24) is 15.6 Å². The molecule has 2 heterocycles. The lowest BCUT2D eigenvalue weighted by atomic mass is 9.94. The maximum absolute atomic E-state index is 15.6. The van der Waals surface area contributed by atoms with E-state index in [1.54, 1.807) is 30.6 Å². The van der Waals surface area contributed by atoms with Crippen LogP contribution in [0.2, 0.25) is 0 Å².